The van der Waals surface area contributed by atoms with Crippen LogP contribution in [0.4, 0.5) is 0 Å². The molecule has 4 atom stereocenters. The van der Waals surface area contributed by atoms with Crippen LogP contribution in [0.5, 0.6) is 0 Å². The molecule has 1 N–H and O–H groups in total. The summed E-state index contributed by atoms with van der Waals surface area (Å²) in [5.41, 5.74) is 2.03. The van der Waals surface area contributed by atoms with E-state index in [0.717, 1.165) is 18.3 Å². The molecule has 1 heteroatoms. The summed E-state index contributed by atoms with van der Waals surface area (Å²) >= 11 is 0. The minimum Gasteiger partial charge on any atom is -0.392 e. The highest BCUT2D eigenvalue weighted by Crippen LogP contribution is 2.55. The van der Waals surface area contributed by atoms with Gasteiger partial charge in [-0.15, -0.1) is 0 Å². The number of aliphatic hydroxyl groups excluding tert-OH is 1. The predicted molar refractivity (Wildman–Crippen MR) is 61.4 cm³/mol. The van der Waals surface area contributed by atoms with Gasteiger partial charge in [-0.1, -0.05) is 25.5 Å². The number of aliphatic hydroxyl groups is 1. The molecule has 15 heavy (non-hydrogen) atoms. The van der Waals surface area contributed by atoms with Crippen LogP contribution >= 0.6 is 0 Å². The van der Waals surface area contributed by atoms with Crippen molar-refractivity contribution in [1.82, 2.24) is 0 Å². The maximum absolute atomic E-state index is 10.1. The number of rotatable bonds is 0. The van der Waals surface area contributed by atoms with E-state index in [-0.39, 0.29) is 6.10 Å². The smallest absolute Gasteiger partial charge is 0.0610 e. The van der Waals surface area contributed by atoms with Crippen molar-refractivity contribution in [3.8, 4) is 0 Å². The van der Waals surface area contributed by atoms with E-state index in [2.05, 4.69) is 19.9 Å². The van der Waals surface area contributed by atoms with Crippen molar-refractivity contribution in [2.45, 2.75) is 52.1 Å². The van der Waals surface area contributed by atoms with Crippen LogP contribution in [-0.2, 0) is 0 Å². The lowest BCUT2D eigenvalue weighted by molar-refractivity contribution is 0.133. The first-order valence-electron chi connectivity index (χ1n) is 6.46. The molecule has 3 rings (SSSR count). The van der Waals surface area contributed by atoms with Gasteiger partial charge >= 0.3 is 0 Å². The molecule has 0 spiro atoms. The average molecular weight is 206 g/mol. The highest BCUT2D eigenvalue weighted by Gasteiger charge is 2.49. The van der Waals surface area contributed by atoms with Crippen LogP contribution in [0.15, 0.2) is 11.6 Å². The van der Waals surface area contributed by atoms with E-state index < -0.39 is 0 Å². The van der Waals surface area contributed by atoms with E-state index in [1.165, 1.54) is 25.7 Å². The molecule has 3 aliphatic rings. The molecule has 0 saturated heterocycles. The van der Waals surface area contributed by atoms with Crippen molar-refractivity contribution in [2.24, 2.45) is 23.2 Å². The third-order valence-electron chi connectivity index (χ3n) is 5.14. The molecular weight excluding hydrogens is 184 g/mol. The van der Waals surface area contributed by atoms with E-state index >= 15 is 0 Å². The minimum atomic E-state index is -0.0703. The Morgan fingerprint density at radius 3 is 3.00 bits per heavy atom. The number of fused-ring (bicyclic) bond motifs is 2. The van der Waals surface area contributed by atoms with Crippen LogP contribution in [0.1, 0.15) is 46.0 Å². The lowest BCUT2D eigenvalue weighted by atomic mass is 9.69. The van der Waals surface area contributed by atoms with Crippen LogP contribution < -0.4 is 0 Å². The topological polar surface area (TPSA) is 20.2 Å². The predicted octanol–water partition coefficient (Wildman–Crippen LogP) is 3.14. The highest BCUT2D eigenvalue weighted by molar-refractivity contribution is 5.21. The standard InChI is InChI=1S/C14H22O/c1-14(2)8-13(15)11-6-9-4-3-5-10(9)7-12(11)14/h6,10-13,15H,3-5,7-8H2,1-2H3/t10-,11-,12-,13-/m0/s1. The third kappa shape index (κ3) is 1.39. The zero-order valence-electron chi connectivity index (χ0n) is 9.87. The van der Waals surface area contributed by atoms with Gasteiger partial charge in [-0.3, -0.25) is 0 Å². The monoisotopic (exact) mass is 206 g/mol. The average Bonchev–Trinajstić information content (AvgIpc) is 2.68. The second-order valence-corrected chi connectivity index (χ2v) is 6.51. The van der Waals surface area contributed by atoms with Gasteiger partial charge in [-0.05, 0) is 49.4 Å². The summed E-state index contributed by atoms with van der Waals surface area (Å²) in [6, 6.07) is 0. The Morgan fingerprint density at radius 2 is 2.20 bits per heavy atom. The molecule has 0 radical (unpaired) electrons. The van der Waals surface area contributed by atoms with Crippen LogP contribution in [0.3, 0.4) is 0 Å². The lowest BCUT2D eigenvalue weighted by Crippen LogP contribution is -2.28. The first-order valence-corrected chi connectivity index (χ1v) is 6.46. The van der Waals surface area contributed by atoms with Crippen molar-refractivity contribution >= 4 is 0 Å². The Bertz CT molecular complexity index is 302. The second-order valence-electron chi connectivity index (χ2n) is 6.51. The van der Waals surface area contributed by atoms with Crippen LogP contribution in [-0.4, -0.2) is 11.2 Å². The van der Waals surface area contributed by atoms with Crippen molar-refractivity contribution in [1.29, 1.82) is 0 Å². The van der Waals surface area contributed by atoms with Crippen molar-refractivity contribution in [2.75, 3.05) is 0 Å². The summed E-state index contributed by atoms with van der Waals surface area (Å²) in [4.78, 5) is 0. The summed E-state index contributed by atoms with van der Waals surface area (Å²) in [7, 11) is 0. The molecule has 0 aromatic heterocycles. The largest absolute Gasteiger partial charge is 0.392 e. The second kappa shape index (κ2) is 3.10. The molecule has 0 bridgehead atoms. The van der Waals surface area contributed by atoms with Gasteiger partial charge in [-0.2, -0.15) is 0 Å². The van der Waals surface area contributed by atoms with Gasteiger partial charge in [0.1, 0.15) is 0 Å². The molecule has 2 fully saturated rings. The normalized spacial score (nSPS) is 47.3. The van der Waals surface area contributed by atoms with E-state index in [1.807, 2.05) is 0 Å². The molecule has 1 nitrogen and oxygen atoms in total. The van der Waals surface area contributed by atoms with E-state index in [0.29, 0.717) is 11.3 Å². The van der Waals surface area contributed by atoms with E-state index in [9.17, 15) is 5.11 Å². The fraction of sp³-hybridized carbons (Fsp3) is 0.857. The van der Waals surface area contributed by atoms with Crippen molar-refractivity contribution in [3.63, 3.8) is 0 Å². The van der Waals surface area contributed by atoms with Gasteiger partial charge in [0.05, 0.1) is 6.10 Å². The van der Waals surface area contributed by atoms with Crippen LogP contribution in [0.25, 0.3) is 0 Å². The van der Waals surface area contributed by atoms with Gasteiger partial charge < -0.3 is 5.11 Å². The molecule has 0 aromatic rings. The molecule has 0 amide bonds. The quantitative estimate of drug-likeness (QED) is 0.604. The molecular formula is C14H22O. The first-order chi connectivity index (χ1) is 7.08. The summed E-state index contributed by atoms with van der Waals surface area (Å²) in [6.07, 6.45) is 8.82. The Balaban J connectivity index is 1.94. The first kappa shape index (κ1) is 9.89. The SMILES string of the molecule is CC1(C)C[C@H](O)[C@H]2C=C3CCC[C@H]3C[C@@H]21. The van der Waals surface area contributed by atoms with Crippen LogP contribution in [0.2, 0.25) is 0 Å². The molecule has 2 saturated carbocycles. The fourth-order valence-electron chi connectivity index (χ4n) is 4.30. The number of hydrogen-bond acceptors (Lipinski definition) is 1. The van der Waals surface area contributed by atoms with E-state index in [1.54, 1.807) is 5.57 Å². The van der Waals surface area contributed by atoms with Crippen molar-refractivity contribution < 1.29 is 5.11 Å². The highest BCUT2D eigenvalue weighted by atomic mass is 16.3. The molecule has 3 aliphatic carbocycles. The molecule has 84 valence electrons. The molecule has 0 unspecified atom stereocenters. The molecule has 0 aromatic carbocycles. The van der Waals surface area contributed by atoms with Gasteiger partial charge in [-0.25, -0.2) is 0 Å². The van der Waals surface area contributed by atoms with Gasteiger partial charge in [0.2, 0.25) is 0 Å². The Labute approximate surface area is 92.6 Å². The summed E-state index contributed by atoms with van der Waals surface area (Å²) < 4.78 is 0. The maximum atomic E-state index is 10.1. The van der Waals surface area contributed by atoms with Gasteiger partial charge in [0.25, 0.3) is 0 Å². The Kier molecular flexibility index (Phi) is 2.04. The third-order valence-corrected chi connectivity index (χ3v) is 5.14. The summed E-state index contributed by atoms with van der Waals surface area (Å²) in [5.74, 6) is 2.08. The maximum Gasteiger partial charge on any atom is 0.0610 e. The van der Waals surface area contributed by atoms with Gasteiger partial charge in [0.15, 0.2) is 0 Å². The van der Waals surface area contributed by atoms with Crippen molar-refractivity contribution in [3.05, 3.63) is 11.6 Å². The zero-order chi connectivity index (χ0) is 10.6. The lowest BCUT2D eigenvalue weighted by Gasteiger charge is -2.35. The summed E-state index contributed by atoms with van der Waals surface area (Å²) in [5, 5.41) is 10.1. The minimum absolute atomic E-state index is 0.0703. The Hall–Kier alpha value is -0.300. The number of allylic oxidation sites excluding steroid dienone is 1. The van der Waals surface area contributed by atoms with Gasteiger partial charge in [0, 0.05) is 5.92 Å². The van der Waals surface area contributed by atoms with Crippen LogP contribution in [0, 0.1) is 23.2 Å². The zero-order valence-corrected chi connectivity index (χ0v) is 9.87. The molecule has 0 heterocycles. The summed E-state index contributed by atoms with van der Waals surface area (Å²) in [6.45, 7) is 4.68. The Morgan fingerprint density at radius 1 is 1.40 bits per heavy atom. The number of hydrogen-bond donors (Lipinski definition) is 1. The fourth-order valence-corrected chi connectivity index (χ4v) is 4.30. The molecule has 0 aliphatic heterocycles. The van der Waals surface area contributed by atoms with E-state index in [4.69, 9.17) is 0 Å².